The van der Waals surface area contributed by atoms with Crippen molar-refractivity contribution in [3.05, 3.63) is 23.4 Å². The molecule has 2 rings (SSSR count). The fourth-order valence-corrected chi connectivity index (χ4v) is 3.79. The van der Waals surface area contributed by atoms with Gasteiger partial charge in [0.2, 0.25) is 11.7 Å². The molecule has 0 aromatic carbocycles. The zero-order valence-electron chi connectivity index (χ0n) is 10.3. The van der Waals surface area contributed by atoms with Crippen molar-refractivity contribution < 1.29 is 18.0 Å². The van der Waals surface area contributed by atoms with Gasteiger partial charge in [-0.25, -0.2) is 8.42 Å². The van der Waals surface area contributed by atoms with Crippen molar-refractivity contribution in [2.24, 2.45) is 5.92 Å². The van der Waals surface area contributed by atoms with Gasteiger partial charge < -0.3 is 9.63 Å². The molecule has 0 aliphatic heterocycles. The summed E-state index contributed by atoms with van der Waals surface area (Å²) in [6.07, 6.45) is 0. The van der Waals surface area contributed by atoms with E-state index in [-0.39, 0.29) is 29.9 Å². The Bertz CT molecular complexity index is 619. The van der Waals surface area contributed by atoms with Crippen LogP contribution < -0.4 is 0 Å². The number of hydrogen-bond donors (Lipinski definition) is 1. The van der Waals surface area contributed by atoms with E-state index in [1.165, 1.54) is 11.3 Å². The summed E-state index contributed by atoms with van der Waals surface area (Å²) < 4.78 is 28.6. The molecule has 0 spiro atoms. The van der Waals surface area contributed by atoms with Gasteiger partial charge in [-0.15, -0.1) is 11.3 Å². The molecule has 1 unspecified atom stereocenters. The Balaban J connectivity index is 2.08. The Morgan fingerprint density at radius 3 is 2.95 bits per heavy atom. The average molecular weight is 302 g/mol. The van der Waals surface area contributed by atoms with Gasteiger partial charge in [0.05, 0.1) is 10.6 Å². The molecule has 1 N–H and O–H groups in total. The van der Waals surface area contributed by atoms with Crippen LogP contribution in [0.4, 0.5) is 0 Å². The molecule has 0 bridgehead atoms. The Morgan fingerprint density at radius 2 is 2.32 bits per heavy atom. The van der Waals surface area contributed by atoms with Crippen LogP contribution in [0.15, 0.2) is 22.0 Å². The predicted molar refractivity (Wildman–Crippen MR) is 71.4 cm³/mol. The first kappa shape index (κ1) is 14.2. The molecule has 0 fully saturated rings. The number of rotatable bonds is 6. The van der Waals surface area contributed by atoms with E-state index >= 15 is 0 Å². The Labute approximate surface area is 115 Å². The summed E-state index contributed by atoms with van der Waals surface area (Å²) in [6, 6.07) is 3.69. The summed E-state index contributed by atoms with van der Waals surface area (Å²) in [5.41, 5.74) is 0. The highest BCUT2D eigenvalue weighted by Gasteiger charge is 2.20. The van der Waals surface area contributed by atoms with E-state index in [1.807, 2.05) is 17.5 Å². The molecular formula is C11H14N2O4S2. The van der Waals surface area contributed by atoms with E-state index in [2.05, 4.69) is 10.1 Å². The van der Waals surface area contributed by atoms with Gasteiger partial charge in [-0.2, -0.15) is 4.98 Å². The van der Waals surface area contributed by atoms with Crippen LogP contribution in [0.1, 0.15) is 12.8 Å². The van der Waals surface area contributed by atoms with E-state index in [0.717, 1.165) is 4.88 Å². The van der Waals surface area contributed by atoms with Crippen molar-refractivity contribution in [2.75, 3.05) is 12.4 Å². The maximum Gasteiger partial charge on any atom is 0.242 e. The van der Waals surface area contributed by atoms with E-state index in [0.29, 0.717) is 5.82 Å². The van der Waals surface area contributed by atoms with E-state index < -0.39 is 9.84 Å². The van der Waals surface area contributed by atoms with E-state index in [1.54, 1.807) is 6.92 Å². The van der Waals surface area contributed by atoms with Crippen LogP contribution in [0.25, 0.3) is 10.7 Å². The quantitative estimate of drug-likeness (QED) is 0.865. The largest absolute Gasteiger partial charge is 0.396 e. The maximum atomic E-state index is 11.8. The van der Waals surface area contributed by atoms with Gasteiger partial charge in [0.15, 0.2) is 9.84 Å². The smallest absolute Gasteiger partial charge is 0.242 e. The van der Waals surface area contributed by atoms with E-state index in [4.69, 9.17) is 9.63 Å². The van der Waals surface area contributed by atoms with E-state index in [9.17, 15) is 8.42 Å². The summed E-state index contributed by atoms with van der Waals surface area (Å²) in [7, 11) is -3.35. The van der Waals surface area contributed by atoms with Crippen LogP contribution in [-0.4, -0.2) is 36.0 Å². The molecule has 8 heteroatoms. The number of sulfone groups is 1. The zero-order valence-corrected chi connectivity index (χ0v) is 11.9. The molecule has 19 heavy (non-hydrogen) atoms. The highest BCUT2D eigenvalue weighted by molar-refractivity contribution is 7.90. The minimum absolute atomic E-state index is 0.0774. The molecular weight excluding hydrogens is 288 g/mol. The Hall–Kier alpha value is -1.25. The summed E-state index contributed by atoms with van der Waals surface area (Å²) in [6.45, 7) is 1.51. The summed E-state index contributed by atoms with van der Waals surface area (Å²) in [4.78, 5) is 4.89. The third kappa shape index (κ3) is 3.85. The number of aliphatic hydroxyl groups excluding tert-OH is 1. The lowest BCUT2D eigenvalue weighted by Gasteiger charge is -2.06. The van der Waals surface area contributed by atoms with Gasteiger partial charge >= 0.3 is 0 Å². The minimum atomic E-state index is -3.35. The van der Waals surface area contributed by atoms with Crippen LogP contribution in [0.2, 0.25) is 0 Å². The van der Waals surface area contributed by atoms with Gasteiger partial charge in [-0.05, 0) is 17.4 Å². The second-order valence-corrected chi connectivity index (χ2v) is 7.39. The highest BCUT2D eigenvalue weighted by atomic mass is 32.2. The molecule has 2 heterocycles. The summed E-state index contributed by atoms with van der Waals surface area (Å²) in [5.74, 6) is -0.218. The number of nitrogens with zero attached hydrogens (tertiary/aromatic N) is 2. The van der Waals surface area contributed by atoms with Gasteiger partial charge in [0.25, 0.3) is 0 Å². The standard InChI is InChI=1S/C11H14N2O4S2/c1-8(5-14)6-19(15,16)7-10-12-11(13-17-10)9-3-2-4-18-9/h2-4,8,14H,5-7H2,1H3. The average Bonchev–Trinajstić information content (AvgIpc) is 2.97. The lowest BCUT2D eigenvalue weighted by molar-refractivity contribution is 0.249. The second kappa shape index (κ2) is 5.81. The van der Waals surface area contributed by atoms with Crippen LogP contribution >= 0.6 is 11.3 Å². The minimum Gasteiger partial charge on any atom is -0.396 e. The molecule has 2 aromatic rings. The van der Waals surface area contributed by atoms with Crippen LogP contribution in [0.3, 0.4) is 0 Å². The molecule has 104 valence electrons. The zero-order chi connectivity index (χ0) is 13.9. The molecule has 1 atom stereocenters. The Kier molecular flexibility index (Phi) is 4.33. The van der Waals surface area contributed by atoms with Gasteiger partial charge in [0, 0.05) is 6.61 Å². The molecule has 0 radical (unpaired) electrons. The third-order valence-electron chi connectivity index (χ3n) is 2.40. The second-order valence-electron chi connectivity index (χ2n) is 4.33. The molecule has 0 aliphatic carbocycles. The van der Waals surface area contributed by atoms with Crippen LogP contribution in [-0.2, 0) is 15.6 Å². The summed E-state index contributed by atoms with van der Waals surface area (Å²) >= 11 is 1.45. The number of aliphatic hydroxyl groups is 1. The van der Waals surface area contributed by atoms with Crippen molar-refractivity contribution in [3.8, 4) is 10.7 Å². The van der Waals surface area contributed by atoms with Crippen molar-refractivity contribution in [1.29, 1.82) is 0 Å². The van der Waals surface area contributed by atoms with Crippen LogP contribution in [0, 0.1) is 5.92 Å². The fourth-order valence-electron chi connectivity index (χ4n) is 1.55. The normalized spacial score (nSPS) is 13.6. The first-order chi connectivity index (χ1) is 9.00. The first-order valence-electron chi connectivity index (χ1n) is 5.68. The SMILES string of the molecule is CC(CO)CS(=O)(=O)Cc1nc(-c2cccs2)no1. The number of aromatic nitrogens is 2. The van der Waals surface area contributed by atoms with Crippen molar-refractivity contribution in [1.82, 2.24) is 10.1 Å². The van der Waals surface area contributed by atoms with Crippen molar-refractivity contribution in [3.63, 3.8) is 0 Å². The lowest BCUT2D eigenvalue weighted by atomic mass is 10.2. The van der Waals surface area contributed by atoms with Crippen molar-refractivity contribution in [2.45, 2.75) is 12.7 Å². The molecule has 0 saturated carbocycles. The molecule has 0 saturated heterocycles. The molecule has 0 amide bonds. The maximum absolute atomic E-state index is 11.8. The Morgan fingerprint density at radius 1 is 1.53 bits per heavy atom. The third-order valence-corrected chi connectivity index (χ3v) is 5.03. The van der Waals surface area contributed by atoms with Gasteiger partial charge in [-0.1, -0.05) is 18.1 Å². The monoisotopic (exact) mass is 302 g/mol. The van der Waals surface area contributed by atoms with Crippen molar-refractivity contribution >= 4 is 21.2 Å². The lowest BCUT2D eigenvalue weighted by Crippen LogP contribution is -2.18. The van der Waals surface area contributed by atoms with Crippen LogP contribution in [0.5, 0.6) is 0 Å². The molecule has 0 aliphatic rings. The summed E-state index contributed by atoms with van der Waals surface area (Å²) in [5, 5.41) is 14.5. The number of thiophene rings is 1. The molecule has 6 nitrogen and oxygen atoms in total. The highest BCUT2D eigenvalue weighted by Crippen LogP contribution is 2.21. The van der Waals surface area contributed by atoms with Gasteiger partial charge in [-0.3, -0.25) is 0 Å². The predicted octanol–water partition coefficient (Wildman–Crippen LogP) is 1.34. The molecule has 2 aromatic heterocycles. The number of hydrogen-bond acceptors (Lipinski definition) is 7. The first-order valence-corrected chi connectivity index (χ1v) is 8.38. The van der Waals surface area contributed by atoms with Gasteiger partial charge in [0.1, 0.15) is 5.75 Å². The topological polar surface area (TPSA) is 93.3 Å². The fraction of sp³-hybridized carbons (Fsp3) is 0.455.